The molecule has 1 aliphatic heterocycles. The van der Waals surface area contributed by atoms with Crippen molar-refractivity contribution in [2.45, 2.75) is 32.7 Å². The third kappa shape index (κ3) is 4.05. The fourth-order valence-electron chi connectivity index (χ4n) is 2.64. The van der Waals surface area contributed by atoms with E-state index in [2.05, 4.69) is 5.32 Å². The van der Waals surface area contributed by atoms with Gasteiger partial charge in [-0.15, -0.1) is 0 Å². The number of hydrazine groups is 1. The topological polar surface area (TPSA) is 122 Å². The SMILES string of the molecule is CCC(C)[C@H](N)C(=O)N1CCCN1C(=O)Nc1ccccc1[N+](=O)[O-]. The fourth-order valence-corrected chi connectivity index (χ4v) is 2.64. The third-order valence-corrected chi connectivity index (χ3v) is 4.40. The van der Waals surface area contributed by atoms with Crippen LogP contribution in [-0.4, -0.2) is 46.0 Å². The van der Waals surface area contributed by atoms with Crippen molar-refractivity contribution in [1.29, 1.82) is 0 Å². The number of anilines is 1. The minimum atomic E-state index is -0.690. The van der Waals surface area contributed by atoms with Gasteiger partial charge in [-0.2, -0.15) is 0 Å². The smallest absolute Gasteiger partial charge is 0.320 e. The number of rotatable bonds is 5. The van der Waals surface area contributed by atoms with E-state index in [-0.39, 0.29) is 23.2 Å². The number of hydrogen-bond donors (Lipinski definition) is 2. The Morgan fingerprint density at radius 1 is 1.32 bits per heavy atom. The van der Waals surface area contributed by atoms with Crippen LogP contribution in [0.2, 0.25) is 0 Å². The van der Waals surface area contributed by atoms with Crippen molar-refractivity contribution in [1.82, 2.24) is 10.0 Å². The summed E-state index contributed by atoms with van der Waals surface area (Å²) in [5, 5.41) is 16.2. The Morgan fingerprint density at radius 2 is 1.96 bits per heavy atom. The van der Waals surface area contributed by atoms with Crippen LogP contribution < -0.4 is 11.1 Å². The lowest BCUT2D eigenvalue weighted by molar-refractivity contribution is -0.383. The van der Waals surface area contributed by atoms with E-state index in [0.29, 0.717) is 19.5 Å². The van der Waals surface area contributed by atoms with Crippen molar-refractivity contribution in [2.75, 3.05) is 18.4 Å². The normalized spacial score (nSPS) is 16.4. The number of para-hydroxylation sites is 2. The number of nitro benzene ring substituents is 1. The Morgan fingerprint density at radius 3 is 2.60 bits per heavy atom. The second-order valence-electron chi connectivity index (χ2n) is 6.05. The number of carbonyl (C=O) groups is 2. The lowest BCUT2D eigenvalue weighted by Crippen LogP contribution is -2.53. The van der Waals surface area contributed by atoms with Crippen molar-refractivity contribution >= 4 is 23.3 Å². The maximum atomic E-state index is 12.6. The third-order valence-electron chi connectivity index (χ3n) is 4.40. The number of benzene rings is 1. The van der Waals surface area contributed by atoms with E-state index in [1.165, 1.54) is 28.2 Å². The van der Waals surface area contributed by atoms with E-state index in [4.69, 9.17) is 5.73 Å². The highest BCUT2D eigenvalue weighted by Gasteiger charge is 2.35. The highest BCUT2D eigenvalue weighted by molar-refractivity contribution is 5.94. The first-order valence-corrected chi connectivity index (χ1v) is 8.25. The first kappa shape index (κ1) is 18.7. The molecule has 0 spiro atoms. The molecule has 1 heterocycles. The molecule has 1 fully saturated rings. The molecule has 1 saturated heterocycles. The van der Waals surface area contributed by atoms with E-state index in [1.54, 1.807) is 6.07 Å². The molecular formula is C16H23N5O4. The second-order valence-corrected chi connectivity index (χ2v) is 6.05. The molecular weight excluding hydrogens is 326 g/mol. The van der Waals surface area contributed by atoms with Crippen LogP contribution in [0.1, 0.15) is 26.7 Å². The largest absolute Gasteiger partial charge is 0.340 e. The zero-order valence-electron chi connectivity index (χ0n) is 14.3. The molecule has 9 heteroatoms. The highest BCUT2D eigenvalue weighted by Crippen LogP contribution is 2.24. The van der Waals surface area contributed by atoms with Crippen molar-refractivity contribution in [3.8, 4) is 0 Å². The summed E-state index contributed by atoms with van der Waals surface area (Å²) < 4.78 is 0. The minimum absolute atomic E-state index is 0.00628. The average molecular weight is 349 g/mol. The van der Waals surface area contributed by atoms with Gasteiger partial charge in [0.1, 0.15) is 5.69 Å². The van der Waals surface area contributed by atoms with Crippen LogP contribution in [0, 0.1) is 16.0 Å². The van der Waals surface area contributed by atoms with Crippen molar-refractivity contribution in [2.24, 2.45) is 11.7 Å². The fraction of sp³-hybridized carbons (Fsp3) is 0.500. The first-order chi connectivity index (χ1) is 11.9. The zero-order valence-corrected chi connectivity index (χ0v) is 14.3. The summed E-state index contributed by atoms with van der Waals surface area (Å²) in [4.78, 5) is 35.6. The van der Waals surface area contributed by atoms with Gasteiger partial charge in [-0.25, -0.2) is 14.8 Å². The van der Waals surface area contributed by atoms with Crippen LogP contribution in [0.4, 0.5) is 16.2 Å². The van der Waals surface area contributed by atoms with Crippen LogP contribution in [0.15, 0.2) is 24.3 Å². The molecule has 25 heavy (non-hydrogen) atoms. The monoisotopic (exact) mass is 349 g/mol. The maximum Gasteiger partial charge on any atom is 0.340 e. The predicted molar refractivity (Wildman–Crippen MR) is 92.6 cm³/mol. The van der Waals surface area contributed by atoms with Crippen LogP contribution in [0.5, 0.6) is 0 Å². The quantitative estimate of drug-likeness (QED) is 0.621. The molecule has 3 amide bonds. The summed E-state index contributed by atoms with van der Waals surface area (Å²) >= 11 is 0. The number of urea groups is 1. The number of nitrogens with zero attached hydrogens (tertiary/aromatic N) is 3. The molecule has 0 aliphatic carbocycles. The molecule has 1 aromatic rings. The molecule has 9 nitrogen and oxygen atoms in total. The number of nitro groups is 1. The molecule has 136 valence electrons. The Bertz CT molecular complexity index is 666. The van der Waals surface area contributed by atoms with Gasteiger partial charge < -0.3 is 11.1 Å². The summed E-state index contributed by atoms with van der Waals surface area (Å²) in [5.41, 5.74) is 5.87. The number of carbonyl (C=O) groups excluding carboxylic acids is 2. The summed E-state index contributed by atoms with van der Waals surface area (Å²) in [6, 6.07) is 4.59. The summed E-state index contributed by atoms with van der Waals surface area (Å²) in [5.74, 6) is -0.321. The molecule has 2 rings (SSSR count). The molecule has 2 atom stereocenters. The van der Waals surface area contributed by atoms with Crippen LogP contribution >= 0.6 is 0 Å². The summed E-state index contributed by atoms with van der Waals surface area (Å²) in [7, 11) is 0. The Hall–Kier alpha value is -2.68. The van der Waals surface area contributed by atoms with E-state index >= 15 is 0 Å². The van der Waals surface area contributed by atoms with Gasteiger partial charge in [0.05, 0.1) is 11.0 Å². The van der Waals surface area contributed by atoms with Gasteiger partial charge in [-0.3, -0.25) is 14.9 Å². The van der Waals surface area contributed by atoms with Crippen molar-refractivity contribution in [3.63, 3.8) is 0 Å². The zero-order chi connectivity index (χ0) is 18.6. The van der Waals surface area contributed by atoms with Crippen LogP contribution in [-0.2, 0) is 4.79 Å². The van der Waals surface area contributed by atoms with E-state index in [9.17, 15) is 19.7 Å². The van der Waals surface area contributed by atoms with Crippen molar-refractivity contribution in [3.05, 3.63) is 34.4 Å². The molecule has 0 radical (unpaired) electrons. The standard InChI is InChI=1S/C16H23N5O4/c1-3-11(2)14(17)15(22)19-9-6-10-20(19)16(23)18-12-7-4-5-8-13(12)21(24)25/h4-5,7-8,11,14H,3,6,9-10,17H2,1-2H3,(H,18,23)/t11?,14-/m0/s1. The van der Waals surface area contributed by atoms with E-state index in [1.807, 2.05) is 13.8 Å². The molecule has 0 aromatic heterocycles. The lowest BCUT2D eigenvalue weighted by atomic mass is 9.99. The maximum absolute atomic E-state index is 12.6. The van der Waals surface area contributed by atoms with E-state index < -0.39 is 17.0 Å². The Balaban J connectivity index is 2.13. The van der Waals surface area contributed by atoms with Gasteiger partial charge in [0, 0.05) is 19.2 Å². The number of hydrogen-bond acceptors (Lipinski definition) is 5. The Kier molecular flexibility index (Phi) is 5.92. The minimum Gasteiger partial charge on any atom is -0.320 e. The molecule has 1 aliphatic rings. The molecule has 1 aromatic carbocycles. The Labute approximate surface area is 145 Å². The van der Waals surface area contributed by atoms with Crippen molar-refractivity contribution < 1.29 is 14.5 Å². The van der Waals surface area contributed by atoms with Crippen LogP contribution in [0.3, 0.4) is 0 Å². The van der Waals surface area contributed by atoms with Gasteiger partial charge in [0.2, 0.25) is 0 Å². The van der Waals surface area contributed by atoms with Gasteiger partial charge in [-0.1, -0.05) is 32.4 Å². The second kappa shape index (κ2) is 7.93. The summed E-state index contributed by atoms with van der Waals surface area (Å²) in [6.07, 6.45) is 1.38. The number of nitrogens with two attached hydrogens (primary N) is 1. The van der Waals surface area contributed by atoms with Gasteiger partial charge in [-0.05, 0) is 18.4 Å². The highest BCUT2D eigenvalue weighted by atomic mass is 16.6. The number of nitrogens with one attached hydrogen (secondary N) is 1. The van der Waals surface area contributed by atoms with Gasteiger partial charge in [0.25, 0.3) is 11.6 Å². The van der Waals surface area contributed by atoms with Gasteiger partial charge in [0.15, 0.2) is 0 Å². The number of amides is 3. The first-order valence-electron chi connectivity index (χ1n) is 8.25. The molecule has 0 saturated carbocycles. The van der Waals surface area contributed by atoms with Gasteiger partial charge >= 0.3 is 6.03 Å². The molecule has 0 bridgehead atoms. The van der Waals surface area contributed by atoms with Crippen LogP contribution in [0.25, 0.3) is 0 Å². The molecule has 3 N–H and O–H groups in total. The predicted octanol–water partition coefficient (Wildman–Crippen LogP) is 1.95. The average Bonchev–Trinajstić information content (AvgIpc) is 3.09. The summed E-state index contributed by atoms with van der Waals surface area (Å²) in [6.45, 7) is 4.58. The lowest BCUT2D eigenvalue weighted by Gasteiger charge is -2.31. The van der Waals surface area contributed by atoms with E-state index in [0.717, 1.165) is 6.42 Å². The molecule has 1 unspecified atom stereocenters.